The van der Waals surface area contributed by atoms with E-state index < -0.39 is 0 Å². The molecule has 0 aromatic carbocycles. The van der Waals surface area contributed by atoms with Crippen molar-refractivity contribution in [3.05, 3.63) is 0 Å². The van der Waals surface area contributed by atoms with Crippen molar-refractivity contribution < 1.29 is 9.59 Å². The fourth-order valence-corrected chi connectivity index (χ4v) is 2.32. The van der Waals surface area contributed by atoms with Gasteiger partial charge in [-0.2, -0.15) is 0 Å². The van der Waals surface area contributed by atoms with E-state index in [0.717, 1.165) is 25.7 Å². The Balaban J connectivity index is 2.63. The summed E-state index contributed by atoms with van der Waals surface area (Å²) in [6.45, 7) is 5.50. The summed E-state index contributed by atoms with van der Waals surface area (Å²) in [5.41, 5.74) is 0. The smallest absolute Gasteiger partial charge is 0.224 e. The summed E-state index contributed by atoms with van der Waals surface area (Å²) in [5, 5.41) is 2.91. The lowest BCUT2D eigenvalue weighted by Gasteiger charge is -2.29. The summed E-state index contributed by atoms with van der Waals surface area (Å²) in [6, 6.07) is 0.159. The first-order chi connectivity index (χ1) is 7.02. The standard InChI is InChI=1S/C12H21NO2/c1-8(2)13-12(15)11-7-5-4-6-10(11)9(3)14/h8,10-11H,4-7H2,1-3H3,(H,13,15). The molecule has 1 saturated carbocycles. The van der Waals surface area contributed by atoms with Gasteiger partial charge < -0.3 is 5.32 Å². The van der Waals surface area contributed by atoms with E-state index in [4.69, 9.17) is 0 Å². The van der Waals surface area contributed by atoms with Crippen molar-refractivity contribution >= 4 is 11.7 Å². The molecule has 1 amide bonds. The Morgan fingerprint density at radius 2 is 1.67 bits per heavy atom. The zero-order valence-corrected chi connectivity index (χ0v) is 9.88. The minimum absolute atomic E-state index is 0.0440. The van der Waals surface area contributed by atoms with Crippen LogP contribution < -0.4 is 5.32 Å². The fourth-order valence-electron chi connectivity index (χ4n) is 2.32. The van der Waals surface area contributed by atoms with Crippen LogP contribution in [-0.2, 0) is 9.59 Å². The van der Waals surface area contributed by atoms with Gasteiger partial charge in [0, 0.05) is 17.9 Å². The van der Waals surface area contributed by atoms with E-state index in [0.29, 0.717) is 0 Å². The molecule has 0 spiro atoms. The maximum atomic E-state index is 11.9. The molecule has 0 radical (unpaired) electrons. The van der Waals surface area contributed by atoms with Crippen molar-refractivity contribution in [1.82, 2.24) is 5.32 Å². The van der Waals surface area contributed by atoms with Crippen LogP contribution in [0.5, 0.6) is 0 Å². The van der Waals surface area contributed by atoms with Crippen LogP contribution in [0.1, 0.15) is 46.5 Å². The third kappa shape index (κ3) is 3.33. The zero-order valence-electron chi connectivity index (χ0n) is 9.88. The molecule has 3 nitrogen and oxygen atoms in total. The molecule has 1 fully saturated rings. The Labute approximate surface area is 91.6 Å². The second-order valence-corrected chi connectivity index (χ2v) is 4.77. The Hall–Kier alpha value is -0.860. The highest BCUT2D eigenvalue weighted by atomic mass is 16.2. The highest BCUT2D eigenvalue weighted by Crippen LogP contribution is 2.30. The monoisotopic (exact) mass is 211 g/mol. The van der Waals surface area contributed by atoms with Crippen molar-refractivity contribution in [2.45, 2.75) is 52.5 Å². The number of carbonyl (C=O) groups is 2. The van der Waals surface area contributed by atoms with Gasteiger partial charge in [0.1, 0.15) is 5.78 Å². The molecule has 86 valence electrons. The predicted molar refractivity (Wildman–Crippen MR) is 59.4 cm³/mol. The van der Waals surface area contributed by atoms with Crippen LogP contribution in [0.4, 0.5) is 0 Å². The van der Waals surface area contributed by atoms with E-state index in [1.165, 1.54) is 0 Å². The van der Waals surface area contributed by atoms with Gasteiger partial charge in [0.25, 0.3) is 0 Å². The SMILES string of the molecule is CC(=O)C1CCCCC1C(=O)NC(C)C. The molecule has 1 aliphatic carbocycles. The van der Waals surface area contributed by atoms with E-state index in [-0.39, 0.29) is 29.6 Å². The maximum absolute atomic E-state index is 11.9. The number of rotatable bonds is 3. The van der Waals surface area contributed by atoms with Gasteiger partial charge in [-0.05, 0) is 33.6 Å². The lowest BCUT2D eigenvalue weighted by atomic mass is 9.76. The average molecular weight is 211 g/mol. The Kier molecular flexibility index (Phi) is 4.30. The first-order valence-electron chi connectivity index (χ1n) is 5.83. The Morgan fingerprint density at radius 1 is 1.13 bits per heavy atom. The lowest BCUT2D eigenvalue weighted by Crippen LogP contribution is -2.41. The third-order valence-corrected chi connectivity index (χ3v) is 3.06. The highest BCUT2D eigenvalue weighted by molar-refractivity contribution is 5.87. The molecule has 1 rings (SSSR count). The molecule has 0 aliphatic heterocycles. The summed E-state index contributed by atoms with van der Waals surface area (Å²) >= 11 is 0. The minimum Gasteiger partial charge on any atom is -0.354 e. The zero-order chi connectivity index (χ0) is 11.4. The lowest BCUT2D eigenvalue weighted by molar-refractivity contribution is -0.134. The molecular weight excluding hydrogens is 190 g/mol. The summed E-state index contributed by atoms with van der Waals surface area (Å²) in [5.74, 6) is 0.0969. The van der Waals surface area contributed by atoms with Crippen LogP contribution >= 0.6 is 0 Å². The van der Waals surface area contributed by atoms with E-state index in [2.05, 4.69) is 5.32 Å². The first kappa shape index (κ1) is 12.2. The minimum atomic E-state index is -0.0846. The second-order valence-electron chi connectivity index (χ2n) is 4.77. The van der Waals surface area contributed by atoms with Gasteiger partial charge in [0.05, 0.1) is 0 Å². The molecule has 0 saturated heterocycles. The van der Waals surface area contributed by atoms with Crippen LogP contribution in [0.2, 0.25) is 0 Å². The number of hydrogen-bond donors (Lipinski definition) is 1. The van der Waals surface area contributed by atoms with Crippen molar-refractivity contribution in [2.24, 2.45) is 11.8 Å². The fraction of sp³-hybridized carbons (Fsp3) is 0.833. The number of ketones is 1. The van der Waals surface area contributed by atoms with E-state index in [9.17, 15) is 9.59 Å². The van der Waals surface area contributed by atoms with Gasteiger partial charge in [0.2, 0.25) is 5.91 Å². The van der Waals surface area contributed by atoms with E-state index >= 15 is 0 Å². The molecule has 0 heterocycles. The third-order valence-electron chi connectivity index (χ3n) is 3.06. The Morgan fingerprint density at radius 3 is 2.13 bits per heavy atom. The van der Waals surface area contributed by atoms with Gasteiger partial charge in [-0.1, -0.05) is 12.8 Å². The van der Waals surface area contributed by atoms with Crippen LogP contribution in [0.15, 0.2) is 0 Å². The van der Waals surface area contributed by atoms with Crippen LogP contribution in [0.3, 0.4) is 0 Å². The summed E-state index contributed by atoms with van der Waals surface area (Å²) in [6.07, 6.45) is 3.89. The molecule has 1 N–H and O–H groups in total. The quantitative estimate of drug-likeness (QED) is 0.775. The largest absolute Gasteiger partial charge is 0.354 e. The number of carbonyl (C=O) groups excluding carboxylic acids is 2. The topological polar surface area (TPSA) is 46.2 Å². The van der Waals surface area contributed by atoms with E-state index in [1.54, 1.807) is 6.92 Å². The normalized spacial score (nSPS) is 26.4. The first-order valence-corrected chi connectivity index (χ1v) is 5.83. The van der Waals surface area contributed by atoms with Gasteiger partial charge in [0.15, 0.2) is 0 Å². The van der Waals surface area contributed by atoms with Gasteiger partial charge in [-0.25, -0.2) is 0 Å². The molecule has 2 unspecified atom stereocenters. The van der Waals surface area contributed by atoms with Crippen molar-refractivity contribution in [2.75, 3.05) is 0 Å². The molecule has 3 heteroatoms. The van der Waals surface area contributed by atoms with Gasteiger partial charge in [-0.3, -0.25) is 9.59 Å². The molecule has 1 aliphatic rings. The number of amides is 1. The van der Waals surface area contributed by atoms with Gasteiger partial charge in [-0.15, -0.1) is 0 Å². The highest BCUT2D eigenvalue weighted by Gasteiger charge is 2.33. The van der Waals surface area contributed by atoms with Crippen LogP contribution in [0.25, 0.3) is 0 Å². The molecule has 0 aromatic rings. The number of nitrogens with one attached hydrogen (secondary N) is 1. The van der Waals surface area contributed by atoms with Crippen molar-refractivity contribution in [3.63, 3.8) is 0 Å². The second kappa shape index (κ2) is 5.29. The summed E-state index contributed by atoms with van der Waals surface area (Å²) in [7, 11) is 0. The molecule has 0 bridgehead atoms. The maximum Gasteiger partial charge on any atom is 0.224 e. The number of Topliss-reactive ketones (excluding diaryl/α,β-unsaturated/α-hetero) is 1. The molecule has 0 aromatic heterocycles. The van der Waals surface area contributed by atoms with Crippen LogP contribution in [-0.4, -0.2) is 17.7 Å². The Bertz CT molecular complexity index is 248. The molecule has 15 heavy (non-hydrogen) atoms. The number of hydrogen-bond acceptors (Lipinski definition) is 2. The summed E-state index contributed by atoms with van der Waals surface area (Å²) < 4.78 is 0. The predicted octanol–water partition coefficient (Wildman–Crippen LogP) is 1.91. The van der Waals surface area contributed by atoms with Gasteiger partial charge >= 0.3 is 0 Å². The van der Waals surface area contributed by atoms with E-state index in [1.807, 2.05) is 13.8 Å². The average Bonchev–Trinajstić information content (AvgIpc) is 2.16. The van der Waals surface area contributed by atoms with Crippen molar-refractivity contribution in [3.8, 4) is 0 Å². The molecule has 2 atom stereocenters. The van der Waals surface area contributed by atoms with Crippen LogP contribution in [0, 0.1) is 11.8 Å². The molecular formula is C12H21NO2. The van der Waals surface area contributed by atoms with Crippen molar-refractivity contribution in [1.29, 1.82) is 0 Å². The summed E-state index contributed by atoms with van der Waals surface area (Å²) in [4.78, 5) is 23.3.